The van der Waals surface area contributed by atoms with Gasteiger partial charge in [-0.25, -0.2) is 0 Å². The van der Waals surface area contributed by atoms with Gasteiger partial charge >= 0.3 is 0 Å². The standard InChI is InChI=1S/C15H20N2/c16-12-14-6-8-15(9-7-14)13-17-10-4-2-1-3-5-11-17/h6-9H,1-5,10-11,13H2. The zero-order valence-electron chi connectivity index (χ0n) is 10.4. The molecular formula is C15H20N2. The van der Waals surface area contributed by atoms with Crippen molar-refractivity contribution >= 4 is 0 Å². The van der Waals surface area contributed by atoms with Gasteiger partial charge in [-0.15, -0.1) is 0 Å². The van der Waals surface area contributed by atoms with Crippen LogP contribution < -0.4 is 0 Å². The Balaban J connectivity index is 1.91. The van der Waals surface area contributed by atoms with Crippen molar-refractivity contribution in [1.82, 2.24) is 4.90 Å². The summed E-state index contributed by atoms with van der Waals surface area (Å²) in [4.78, 5) is 2.54. The molecule has 1 aliphatic heterocycles. The second-order valence-corrected chi connectivity index (χ2v) is 4.85. The van der Waals surface area contributed by atoms with Gasteiger partial charge in [0.2, 0.25) is 0 Å². The molecule has 2 rings (SSSR count). The van der Waals surface area contributed by atoms with E-state index in [9.17, 15) is 0 Å². The van der Waals surface area contributed by atoms with Crippen LogP contribution >= 0.6 is 0 Å². The predicted octanol–water partition coefficient (Wildman–Crippen LogP) is 3.32. The first kappa shape index (κ1) is 12.1. The average molecular weight is 228 g/mol. The molecule has 0 unspecified atom stereocenters. The summed E-state index contributed by atoms with van der Waals surface area (Å²) in [6.45, 7) is 3.48. The Morgan fingerprint density at radius 3 is 2.12 bits per heavy atom. The summed E-state index contributed by atoms with van der Waals surface area (Å²) in [5, 5.41) is 8.76. The minimum Gasteiger partial charge on any atom is -0.299 e. The minimum atomic E-state index is 0.751. The summed E-state index contributed by atoms with van der Waals surface area (Å²) in [6, 6.07) is 10.2. The second-order valence-electron chi connectivity index (χ2n) is 4.85. The molecule has 0 radical (unpaired) electrons. The first-order valence-electron chi connectivity index (χ1n) is 6.60. The van der Waals surface area contributed by atoms with Crippen molar-refractivity contribution in [2.45, 2.75) is 38.6 Å². The summed E-state index contributed by atoms with van der Waals surface area (Å²) >= 11 is 0. The maximum absolute atomic E-state index is 8.76. The fourth-order valence-electron chi connectivity index (χ4n) is 2.41. The van der Waals surface area contributed by atoms with E-state index in [1.54, 1.807) is 0 Å². The zero-order chi connectivity index (χ0) is 11.9. The molecule has 1 heterocycles. The summed E-state index contributed by atoms with van der Waals surface area (Å²) in [7, 11) is 0. The first-order valence-corrected chi connectivity index (χ1v) is 6.60. The minimum absolute atomic E-state index is 0.751. The molecule has 1 aliphatic rings. The predicted molar refractivity (Wildman–Crippen MR) is 69.5 cm³/mol. The normalized spacial score (nSPS) is 18.1. The van der Waals surface area contributed by atoms with Crippen molar-refractivity contribution in [3.8, 4) is 6.07 Å². The molecule has 0 saturated carbocycles. The summed E-state index contributed by atoms with van der Waals surface area (Å²) in [6.07, 6.45) is 6.82. The molecule has 2 heteroatoms. The lowest BCUT2D eigenvalue weighted by atomic mass is 10.1. The number of nitriles is 1. The van der Waals surface area contributed by atoms with E-state index in [-0.39, 0.29) is 0 Å². The van der Waals surface area contributed by atoms with Crippen LogP contribution in [-0.4, -0.2) is 18.0 Å². The molecule has 0 N–H and O–H groups in total. The Morgan fingerprint density at radius 2 is 1.53 bits per heavy atom. The molecule has 0 atom stereocenters. The summed E-state index contributed by atoms with van der Waals surface area (Å²) in [5.41, 5.74) is 2.07. The van der Waals surface area contributed by atoms with E-state index >= 15 is 0 Å². The molecule has 0 bridgehead atoms. The third-order valence-electron chi connectivity index (χ3n) is 3.44. The van der Waals surface area contributed by atoms with E-state index in [1.807, 2.05) is 12.1 Å². The smallest absolute Gasteiger partial charge is 0.0991 e. The van der Waals surface area contributed by atoms with Gasteiger partial charge in [0.25, 0.3) is 0 Å². The van der Waals surface area contributed by atoms with Crippen molar-refractivity contribution in [3.63, 3.8) is 0 Å². The van der Waals surface area contributed by atoms with Crippen LogP contribution in [0.5, 0.6) is 0 Å². The van der Waals surface area contributed by atoms with Crippen LogP contribution in [-0.2, 0) is 6.54 Å². The van der Waals surface area contributed by atoms with Crippen molar-refractivity contribution in [2.75, 3.05) is 13.1 Å². The summed E-state index contributed by atoms with van der Waals surface area (Å²) < 4.78 is 0. The molecule has 0 aliphatic carbocycles. The lowest BCUT2D eigenvalue weighted by Gasteiger charge is -2.24. The molecule has 17 heavy (non-hydrogen) atoms. The van der Waals surface area contributed by atoms with Gasteiger partial charge in [-0.3, -0.25) is 4.90 Å². The van der Waals surface area contributed by atoms with Crippen molar-refractivity contribution in [2.24, 2.45) is 0 Å². The molecule has 0 amide bonds. The van der Waals surface area contributed by atoms with Gasteiger partial charge in [0.1, 0.15) is 0 Å². The number of likely N-dealkylation sites (tertiary alicyclic amines) is 1. The van der Waals surface area contributed by atoms with Gasteiger partial charge < -0.3 is 0 Å². The summed E-state index contributed by atoms with van der Waals surface area (Å²) in [5.74, 6) is 0. The number of hydrogen-bond donors (Lipinski definition) is 0. The van der Waals surface area contributed by atoms with E-state index < -0.39 is 0 Å². The van der Waals surface area contributed by atoms with Gasteiger partial charge in [-0.1, -0.05) is 31.4 Å². The van der Waals surface area contributed by atoms with Gasteiger partial charge in [0.05, 0.1) is 11.6 Å². The van der Waals surface area contributed by atoms with Crippen molar-refractivity contribution in [3.05, 3.63) is 35.4 Å². The van der Waals surface area contributed by atoms with Crippen molar-refractivity contribution < 1.29 is 0 Å². The highest BCUT2D eigenvalue weighted by atomic mass is 15.1. The van der Waals surface area contributed by atoms with Crippen LogP contribution in [0, 0.1) is 11.3 Å². The number of nitrogens with zero attached hydrogens (tertiary/aromatic N) is 2. The number of rotatable bonds is 2. The maximum Gasteiger partial charge on any atom is 0.0991 e. The largest absolute Gasteiger partial charge is 0.299 e. The fourth-order valence-corrected chi connectivity index (χ4v) is 2.41. The Kier molecular flexibility index (Phi) is 4.58. The van der Waals surface area contributed by atoms with Crippen LogP contribution in [0.1, 0.15) is 43.2 Å². The Hall–Kier alpha value is -1.33. The molecule has 2 nitrogen and oxygen atoms in total. The van der Waals surface area contributed by atoms with Crippen LogP contribution in [0.25, 0.3) is 0 Å². The topological polar surface area (TPSA) is 27.0 Å². The van der Waals surface area contributed by atoms with Crippen molar-refractivity contribution in [1.29, 1.82) is 5.26 Å². The van der Waals surface area contributed by atoms with Crippen LogP contribution in [0.2, 0.25) is 0 Å². The Morgan fingerprint density at radius 1 is 0.941 bits per heavy atom. The highest BCUT2D eigenvalue weighted by molar-refractivity contribution is 5.31. The maximum atomic E-state index is 8.76. The van der Waals surface area contributed by atoms with E-state index in [0.29, 0.717) is 0 Å². The fraction of sp³-hybridized carbons (Fsp3) is 0.533. The molecule has 0 aromatic heterocycles. The van der Waals surface area contributed by atoms with Gasteiger partial charge in [0, 0.05) is 6.54 Å². The lowest BCUT2D eigenvalue weighted by molar-refractivity contribution is 0.240. The van der Waals surface area contributed by atoms with E-state index in [4.69, 9.17) is 5.26 Å². The molecule has 0 spiro atoms. The quantitative estimate of drug-likeness (QED) is 0.776. The third kappa shape index (κ3) is 3.87. The third-order valence-corrected chi connectivity index (χ3v) is 3.44. The molecule has 1 aromatic carbocycles. The van der Waals surface area contributed by atoms with Crippen LogP contribution in [0.15, 0.2) is 24.3 Å². The molecule has 1 saturated heterocycles. The van der Waals surface area contributed by atoms with E-state index in [1.165, 1.54) is 50.8 Å². The zero-order valence-corrected chi connectivity index (χ0v) is 10.4. The number of benzene rings is 1. The average Bonchev–Trinajstić information content (AvgIpc) is 2.33. The Bertz CT molecular complexity index is 367. The molecular weight excluding hydrogens is 208 g/mol. The molecule has 1 fully saturated rings. The Labute approximate surface area is 104 Å². The second kappa shape index (κ2) is 6.42. The number of hydrogen-bond acceptors (Lipinski definition) is 2. The molecule has 1 aromatic rings. The van der Waals surface area contributed by atoms with E-state index in [2.05, 4.69) is 23.1 Å². The van der Waals surface area contributed by atoms with Gasteiger partial charge in [-0.2, -0.15) is 5.26 Å². The lowest BCUT2D eigenvalue weighted by Crippen LogP contribution is -2.26. The monoisotopic (exact) mass is 228 g/mol. The van der Waals surface area contributed by atoms with Gasteiger partial charge in [-0.05, 0) is 43.6 Å². The molecule has 90 valence electrons. The van der Waals surface area contributed by atoms with Gasteiger partial charge in [0.15, 0.2) is 0 Å². The van der Waals surface area contributed by atoms with Crippen LogP contribution in [0.4, 0.5) is 0 Å². The van der Waals surface area contributed by atoms with Crippen LogP contribution in [0.3, 0.4) is 0 Å². The van der Waals surface area contributed by atoms with E-state index in [0.717, 1.165) is 12.1 Å². The SMILES string of the molecule is N#Cc1ccc(CN2CCCCCCC2)cc1. The first-order chi connectivity index (χ1) is 8.38. The highest BCUT2D eigenvalue weighted by Crippen LogP contribution is 2.13. The highest BCUT2D eigenvalue weighted by Gasteiger charge is 2.08.